The lowest BCUT2D eigenvalue weighted by Gasteiger charge is -2.34. The molecule has 31 heavy (non-hydrogen) atoms. The summed E-state index contributed by atoms with van der Waals surface area (Å²) >= 11 is 6.13. The number of rotatable bonds is 4. The van der Waals surface area contributed by atoms with Gasteiger partial charge in [0.15, 0.2) is 0 Å². The zero-order valence-corrected chi connectivity index (χ0v) is 17.9. The van der Waals surface area contributed by atoms with E-state index in [4.69, 9.17) is 11.6 Å². The summed E-state index contributed by atoms with van der Waals surface area (Å²) in [5, 5.41) is 0.700. The molecule has 2 aromatic carbocycles. The van der Waals surface area contributed by atoms with Crippen LogP contribution in [0.4, 0.5) is 0 Å². The van der Waals surface area contributed by atoms with Crippen LogP contribution in [0.5, 0.6) is 0 Å². The Bertz CT molecular complexity index is 1210. The fraction of sp³-hybridized carbons (Fsp3) is 0.200. The Balaban J connectivity index is 1.28. The maximum atomic E-state index is 13.0. The molecule has 156 valence electrons. The molecule has 1 aliphatic heterocycles. The van der Waals surface area contributed by atoms with Gasteiger partial charge in [-0.05, 0) is 41.0 Å². The van der Waals surface area contributed by atoms with Gasteiger partial charge in [0.25, 0.3) is 5.91 Å². The summed E-state index contributed by atoms with van der Waals surface area (Å²) in [5.74, 6) is -0.00707. The van der Waals surface area contributed by atoms with Crippen LogP contribution in [0.15, 0.2) is 79.1 Å². The number of halogens is 1. The van der Waals surface area contributed by atoms with E-state index in [1.165, 1.54) is 5.56 Å². The number of hydrogen-bond donors (Lipinski definition) is 0. The summed E-state index contributed by atoms with van der Waals surface area (Å²) in [6, 6.07) is 22.1. The Morgan fingerprint density at radius 2 is 1.68 bits per heavy atom. The number of nitrogens with zero attached hydrogens (tertiary/aromatic N) is 4. The molecule has 6 heteroatoms. The fourth-order valence-corrected chi connectivity index (χ4v) is 4.24. The van der Waals surface area contributed by atoms with Gasteiger partial charge in [-0.2, -0.15) is 0 Å². The summed E-state index contributed by atoms with van der Waals surface area (Å²) < 4.78 is 1.91. The number of aromatic nitrogens is 2. The van der Waals surface area contributed by atoms with Gasteiger partial charge in [0.2, 0.25) is 0 Å². The molecule has 1 fully saturated rings. The number of carbonyl (C=O) groups excluding carboxylic acids is 1. The minimum absolute atomic E-state index is 0.00707. The SMILES string of the molecule is O=C(c1cn2cc(-c3cccc(Cl)c3)ccc2n1)N1CCN(Cc2ccccc2)CC1. The van der Waals surface area contributed by atoms with Gasteiger partial charge in [-0.25, -0.2) is 4.98 Å². The normalized spacial score (nSPS) is 14.8. The number of pyridine rings is 1. The van der Waals surface area contributed by atoms with Crippen LogP contribution in [0.3, 0.4) is 0 Å². The largest absolute Gasteiger partial charge is 0.335 e. The highest BCUT2D eigenvalue weighted by Gasteiger charge is 2.24. The van der Waals surface area contributed by atoms with Gasteiger partial charge in [-0.15, -0.1) is 0 Å². The summed E-state index contributed by atoms with van der Waals surface area (Å²) in [6.07, 6.45) is 3.81. The molecule has 3 heterocycles. The summed E-state index contributed by atoms with van der Waals surface area (Å²) in [4.78, 5) is 21.9. The second-order valence-corrected chi connectivity index (χ2v) is 8.31. The van der Waals surface area contributed by atoms with Crippen LogP contribution in [0, 0.1) is 0 Å². The monoisotopic (exact) mass is 430 g/mol. The molecule has 0 unspecified atom stereocenters. The second-order valence-electron chi connectivity index (χ2n) is 7.87. The van der Waals surface area contributed by atoms with Gasteiger partial charge in [0.05, 0.1) is 0 Å². The van der Waals surface area contributed by atoms with Crippen LogP contribution >= 0.6 is 11.6 Å². The minimum atomic E-state index is -0.00707. The van der Waals surface area contributed by atoms with Crippen LogP contribution in [-0.2, 0) is 6.54 Å². The Hall–Kier alpha value is -3.15. The molecular formula is C25H23ClN4O. The lowest BCUT2D eigenvalue weighted by molar-refractivity contribution is 0.0623. The highest BCUT2D eigenvalue weighted by atomic mass is 35.5. The first-order valence-corrected chi connectivity index (χ1v) is 10.8. The quantitative estimate of drug-likeness (QED) is 0.474. The van der Waals surface area contributed by atoms with Gasteiger partial charge in [0.1, 0.15) is 11.3 Å². The maximum Gasteiger partial charge on any atom is 0.274 e. The van der Waals surface area contributed by atoms with Crippen molar-refractivity contribution in [2.45, 2.75) is 6.54 Å². The third-order valence-corrected chi connectivity index (χ3v) is 5.97. The van der Waals surface area contributed by atoms with E-state index in [0.29, 0.717) is 23.8 Å². The molecule has 4 aromatic rings. The van der Waals surface area contributed by atoms with E-state index in [1.54, 1.807) is 0 Å². The number of benzene rings is 2. The van der Waals surface area contributed by atoms with Crippen molar-refractivity contribution in [3.05, 3.63) is 95.4 Å². The number of piperazine rings is 1. The molecule has 0 N–H and O–H groups in total. The van der Waals surface area contributed by atoms with E-state index < -0.39 is 0 Å². The molecule has 1 saturated heterocycles. The van der Waals surface area contributed by atoms with Crippen molar-refractivity contribution in [3.63, 3.8) is 0 Å². The van der Waals surface area contributed by atoms with Crippen molar-refractivity contribution >= 4 is 23.2 Å². The molecule has 5 nitrogen and oxygen atoms in total. The van der Waals surface area contributed by atoms with Gasteiger partial charge in [0, 0.05) is 50.1 Å². The van der Waals surface area contributed by atoms with Gasteiger partial charge in [-0.3, -0.25) is 9.69 Å². The average Bonchev–Trinajstić information content (AvgIpc) is 3.23. The van der Waals surface area contributed by atoms with Crippen molar-refractivity contribution in [2.24, 2.45) is 0 Å². The molecular weight excluding hydrogens is 408 g/mol. The topological polar surface area (TPSA) is 40.9 Å². The zero-order chi connectivity index (χ0) is 21.2. The predicted molar refractivity (Wildman–Crippen MR) is 123 cm³/mol. The van der Waals surface area contributed by atoms with Gasteiger partial charge < -0.3 is 9.30 Å². The molecule has 0 radical (unpaired) electrons. The maximum absolute atomic E-state index is 13.0. The van der Waals surface area contributed by atoms with Crippen LogP contribution < -0.4 is 0 Å². The highest BCUT2D eigenvalue weighted by Crippen LogP contribution is 2.23. The van der Waals surface area contributed by atoms with E-state index >= 15 is 0 Å². The summed E-state index contributed by atoms with van der Waals surface area (Å²) in [5.41, 5.74) is 4.61. The lowest BCUT2D eigenvalue weighted by atomic mass is 10.1. The van der Waals surface area contributed by atoms with Crippen molar-refractivity contribution in [2.75, 3.05) is 26.2 Å². The number of amides is 1. The lowest BCUT2D eigenvalue weighted by Crippen LogP contribution is -2.48. The molecule has 2 aromatic heterocycles. The number of carbonyl (C=O) groups is 1. The predicted octanol–water partition coefficient (Wildman–Crippen LogP) is 4.61. The Labute approximate surface area is 186 Å². The number of imidazole rings is 1. The first-order chi connectivity index (χ1) is 15.2. The van der Waals surface area contributed by atoms with Crippen molar-refractivity contribution in [3.8, 4) is 11.1 Å². The number of fused-ring (bicyclic) bond motifs is 1. The minimum Gasteiger partial charge on any atom is -0.335 e. The molecule has 0 saturated carbocycles. The second kappa shape index (κ2) is 8.53. The molecule has 5 rings (SSSR count). The van der Waals surface area contributed by atoms with E-state index in [-0.39, 0.29) is 5.91 Å². The van der Waals surface area contributed by atoms with Gasteiger partial charge >= 0.3 is 0 Å². The third-order valence-electron chi connectivity index (χ3n) is 5.74. The molecule has 1 amide bonds. The molecule has 0 spiro atoms. The third kappa shape index (κ3) is 4.33. The molecule has 0 bridgehead atoms. The van der Waals surface area contributed by atoms with E-state index in [2.05, 4.69) is 34.1 Å². The van der Waals surface area contributed by atoms with Gasteiger partial charge in [-0.1, -0.05) is 54.1 Å². The Morgan fingerprint density at radius 1 is 0.871 bits per heavy atom. The number of hydrogen-bond acceptors (Lipinski definition) is 3. The van der Waals surface area contributed by atoms with Crippen LogP contribution in [0.1, 0.15) is 16.1 Å². The van der Waals surface area contributed by atoms with E-state index in [9.17, 15) is 4.79 Å². The van der Waals surface area contributed by atoms with Crippen LogP contribution in [0.25, 0.3) is 16.8 Å². The first kappa shape index (κ1) is 19.8. The van der Waals surface area contributed by atoms with Crippen molar-refractivity contribution in [1.29, 1.82) is 0 Å². The smallest absolute Gasteiger partial charge is 0.274 e. The average molecular weight is 431 g/mol. The molecule has 0 atom stereocenters. The van der Waals surface area contributed by atoms with E-state index in [1.807, 2.05) is 64.2 Å². The molecule has 0 aliphatic carbocycles. The zero-order valence-electron chi connectivity index (χ0n) is 17.1. The molecule has 1 aliphatic rings. The Kier molecular flexibility index (Phi) is 5.45. The summed E-state index contributed by atoms with van der Waals surface area (Å²) in [7, 11) is 0. The van der Waals surface area contributed by atoms with Crippen molar-refractivity contribution < 1.29 is 4.79 Å². The fourth-order valence-electron chi connectivity index (χ4n) is 4.05. The van der Waals surface area contributed by atoms with Crippen LogP contribution in [0.2, 0.25) is 5.02 Å². The first-order valence-electron chi connectivity index (χ1n) is 10.5. The van der Waals surface area contributed by atoms with E-state index in [0.717, 1.165) is 36.4 Å². The Morgan fingerprint density at radius 3 is 2.45 bits per heavy atom. The standard InChI is InChI=1S/C25H23ClN4O/c26-22-8-4-7-20(15-22)21-9-10-24-27-23(18-30(24)17-21)25(31)29-13-11-28(12-14-29)16-19-5-2-1-3-6-19/h1-10,15,17-18H,11-14,16H2. The highest BCUT2D eigenvalue weighted by molar-refractivity contribution is 6.30. The van der Waals surface area contributed by atoms with Crippen molar-refractivity contribution in [1.82, 2.24) is 19.2 Å². The van der Waals surface area contributed by atoms with Crippen LogP contribution in [-0.4, -0.2) is 51.3 Å². The summed E-state index contributed by atoms with van der Waals surface area (Å²) in [6.45, 7) is 4.09.